The molecule has 0 aliphatic rings. The summed E-state index contributed by atoms with van der Waals surface area (Å²) in [4.78, 5) is 22.2. The Kier molecular flexibility index (Phi) is 3.99. The molecule has 7 heteroatoms. The molecule has 0 aliphatic heterocycles. The van der Waals surface area contributed by atoms with Crippen LogP contribution in [0.3, 0.4) is 0 Å². The van der Waals surface area contributed by atoms with E-state index in [1.165, 1.54) is 36.4 Å². The highest BCUT2D eigenvalue weighted by atomic mass is 19.1. The second-order valence-corrected chi connectivity index (χ2v) is 5.20. The van der Waals surface area contributed by atoms with E-state index in [1.54, 1.807) is 13.0 Å². The van der Waals surface area contributed by atoms with Gasteiger partial charge in [0.15, 0.2) is 0 Å². The Bertz CT molecular complexity index is 996. The van der Waals surface area contributed by atoms with Gasteiger partial charge in [0.2, 0.25) is 5.75 Å². The van der Waals surface area contributed by atoms with Gasteiger partial charge in [-0.1, -0.05) is 18.2 Å². The second-order valence-electron chi connectivity index (χ2n) is 5.20. The zero-order chi connectivity index (χ0) is 17.3. The number of fused-ring (bicyclic) bond motifs is 1. The van der Waals surface area contributed by atoms with Crippen molar-refractivity contribution in [2.24, 2.45) is 0 Å². The Hall–Kier alpha value is -3.22. The monoisotopic (exact) mass is 329 g/mol. The van der Waals surface area contributed by atoms with Crippen molar-refractivity contribution < 1.29 is 18.5 Å². The van der Waals surface area contributed by atoms with Gasteiger partial charge in [-0.3, -0.25) is 10.1 Å². The SMILES string of the molecule is Cc1cc(=O)oc2cc(OCc3ccccc3F)c([N+](=O)[O-])cc12. The van der Waals surface area contributed by atoms with E-state index in [4.69, 9.17) is 9.15 Å². The Balaban J connectivity index is 2.05. The molecule has 0 radical (unpaired) electrons. The van der Waals surface area contributed by atoms with Gasteiger partial charge in [-0.25, -0.2) is 9.18 Å². The molecule has 6 nitrogen and oxygen atoms in total. The minimum Gasteiger partial charge on any atom is -0.482 e. The first-order valence-electron chi connectivity index (χ1n) is 7.05. The summed E-state index contributed by atoms with van der Waals surface area (Å²) in [6.07, 6.45) is 0. The number of nitrogens with zero attached hydrogens (tertiary/aromatic N) is 1. The summed E-state index contributed by atoms with van der Waals surface area (Å²) in [5.74, 6) is -0.562. The average Bonchev–Trinajstić information content (AvgIpc) is 2.53. The third kappa shape index (κ3) is 2.96. The zero-order valence-corrected chi connectivity index (χ0v) is 12.6. The molecular weight excluding hydrogens is 317 g/mol. The molecule has 2 aromatic carbocycles. The van der Waals surface area contributed by atoms with Crippen LogP contribution in [0.2, 0.25) is 0 Å². The van der Waals surface area contributed by atoms with Gasteiger partial charge >= 0.3 is 11.3 Å². The van der Waals surface area contributed by atoms with Gasteiger partial charge in [0.05, 0.1) is 4.92 Å². The number of nitro groups is 1. The zero-order valence-electron chi connectivity index (χ0n) is 12.6. The molecule has 0 saturated carbocycles. The molecule has 0 bridgehead atoms. The number of halogens is 1. The third-order valence-corrected chi connectivity index (χ3v) is 3.57. The molecular formula is C17H12FNO5. The van der Waals surface area contributed by atoms with E-state index in [0.717, 1.165) is 0 Å². The van der Waals surface area contributed by atoms with Gasteiger partial charge in [0.1, 0.15) is 18.0 Å². The van der Waals surface area contributed by atoms with Crippen LogP contribution in [0, 0.1) is 22.9 Å². The third-order valence-electron chi connectivity index (χ3n) is 3.57. The topological polar surface area (TPSA) is 82.6 Å². The van der Waals surface area contributed by atoms with Crippen molar-refractivity contribution in [3.05, 3.63) is 79.9 Å². The number of ether oxygens (including phenoxy) is 1. The lowest BCUT2D eigenvalue weighted by Gasteiger charge is -2.09. The minimum atomic E-state index is -0.597. The summed E-state index contributed by atoms with van der Waals surface area (Å²) in [7, 11) is 0. The molecule has 3 rings (SSSR count). The molecule has 122 valence electrons. The lowest BCUT2D eigenvalue weighted by molar-refractivity contribution is -0.385. The van der Waals surface area contributed by atoms with E-state index in [1.807, 2.05) is 0 Å². The van der Waals surface area contributed by atoms with Crippen LogP contribution in [-0.4, -0.2) is 4.92 Å². The summed E-state index contributed by atoms with van der Waals surface area (Å²) >= 11 is 0. The standard InChI is InChI=1S/C17H12FNO5/c1-10-6-17(20)24-15-8-16(14(19(21)22)7-12(10)15)23-9-11-4-2-3-5-13(11)18/h2-8H,9H2,1H3. The maximum atomic E-state index is 13.6. The molecule has 0 fully saturated rings. The average molecular weight is 329 g/mol. The van der Waals surface area contributed by atoms with Crippen LogP contribution < -0.4 is 10.4 Å². The highest BCUT2D eigenvalue weighted by Gasteiger charge is 2.19. The molecule has 0 amide bonds. The Morgan fingerprint density at radius 3 is 2.71 bits per heavy atom. The molecule has 0 saturated heterocycles. The molecule has 0 atom stereocenters. The highest BCUT2D eigenvalue weighted by molar-refractivity contribution is 5.85. The Labute approximate surface area is 135 Å². The molecule has 0 spiro atoms. The van der Waals surface area contributed by atoms with Crippen LogP contribution in [0.4, 0.5) is 10.1 Å². The number of benzene rings is 2. The van der Waals surface area contributed by atoms with E-state index in [9.17, 15) is 19.3 Å². The van der Waals surface area contributed by atoms with E-state index < -0.39 is 16.4 Å². The maximum Gasteiger partial charge on any atom is 0.336 e. The molecule has 0 aliphatic carbocycles. The van der Waals surface area contributed by atoms with Gasteiger partial charge in [0, 0.05) is 29.1 Å². The van der Waals surface area contributed by atoms with Crippen molar-refractivity contribution in [2.45, 2.75) is 13.5 Å². The van der Waals surface area contributed by atoms with Crippen LogP contribution in [0.15, 0.2) is 51.7 Å². The fourth-order valence-electron chi connectivity index (χ4n) is 2.36. The largest absolute Gasteiger partial charge is 0.482 e. The van der Waals surface area contributed by atoms with Crippen molar-refractivity contribution >= 4 is 16.7 Å². The van der Waals surface area contributed by atoms with Gasteiger partial charge in [-0.2, -0.15) is 0 Å². The van der Waals surface area contributed by atoms with E-state index in [2.05, 4.69) is 0 Å². The van der Waals surface area contributed by atoms with Crippen LogP contribution >= 0.6 is 0 Å². The molecule has 0 unspecified atom stereocenters. The molecule has 0 N–H and O–H groups in total. The van der Waals surface area contributed by atoms with Gasteiger partial charge in [-0.15, -0.1) is 0 Å². The highest BCUT2D eigenvalue weighted by Crippen LogP contribution is 2.33. The lowest BCUT2D eigenvalue weighted by Crippen LogP contribution is -2.03. The quantitative estimate of drug-likeness (QED) is 0.414. The fraction of sp³-hybridized carbons (Fsp3) is 0.118. The molecule has 3 aromatic rings. The van der Waals surface area contributed by atoms with Crippen LogP contribution in [0.1, 0.15) is 11.1 Å². The van der Waals surface area contributed by atoms with E-state index in [0.29, 0.717) is 10.9 Å². The molecule has 1 heterocycles. The normalized spacial score (nSPS) is 10.8. The number of hydrogen-bond donors (Lipinski definition) is 0. The van der Waals surface area contributed by atoms with Crippen LogP contribution in [0.25, 0.3) is 11.0 Å². The summed E-state index contributed by atoms with van der Waals surface area (Å²) in [5.41, 5.74) is 0.154. The first kappa shape index (κ1) is 15.7. The van der Waals surface area contributed by atoms with Crippen molar-refractivity contribution in [1.82, 2.24) is 0 Å². The van der Waals surface area contributed by atoms with E-state index in [-0.39, 0.29) is 29.2 Å². The number of rotatable bonds is 4. The number of nitro benzene ring substituents is 1. The van der Waals surface area contributed by atoms with Crippen molar-refractivity contribution in [3.8, 4) is 5.75 Å². The van der Waals surface area contributed by atoms with Gasteiger partial charge in [0.25, 0.3) is 0 Å². The Morgan fingerprint density at radius 1 is 1.25 bits per heavy atom. The second kappa shape index (κ2) is 6.11. The summed E-state index contributed by atoms with van der Waals surface area (Å²) in [6.45, 7) is 1.47. The first-order valence-corrected chi connectivity index (χ1v) is 7.05. The van der Waals surface area contributed by atoms with Crippen molar-refractivity contribution in [3.63, 3.8) is 0 Å². The predicted octanol–water partition coefficient (Wildman–Crippen LogP) is 3.73. The van der Waals surface area contributed by atoms with Gasteiger partial charge in [-0.05, 0) is 18.6 Å². The molecule has 1 aromatic heterocycles. The lowest BCUT2D eigenvalue weighted by atomic mass is 10.1. The summed E-state index contributed by atoms with van der Waals surface area (Å²) < 4.78 is 24.1. The van der Waals surface area contributed by atoms with E-state index >= 15 is 0 Å². The van der Waals surface area contributed by atoms with Gasteiger partial charge < -0.3 is 9.15 Å². The Morgan fingerprint density at radius 2 is 2.00 bits per heavy atom. The van der Waals surface area contributed by atoms with Crippen molar-refractivity contribution in [2.75, 3.05) is 0 Å². The smallest absolute Gasteiger partial charge is 0.336 e. The number of aryl methyl sites for hydroxylation is 1. The predicted molar refractivity (Wildman–Crippen MR) is 84.6 cm³/mol. The minimum absolute atomic E-state index is 0.0931. The summed E-state index contributed by atoms with van der Waals surface area (Å²) in [6, 6.07) is 9.79. The van der Waals surface area contributed by atoms with Crippen LogP contribution in [-0.2, 0) is 6.61 Å². The molecule has 24 heavy (non-hydrogen) atoms. The fourth-order valence-corrected chi connectivity index (χ4v) is 2.36. The van der Waals surface area contributed by atoms with Crippen LogP contribution in [0.5, 0.6) is 5.75 Å². The first-order chi connectivity index (χ1) is 11.5. The van der Waals surface area contributed by atoms with Crippen molar-refractivity contribution in [1.29, 1.82) is 0 Å². The summed E-state index contributed by atoms with van der Waals surface area (Å²) in [5, 5.41) is 11.7. The number of hydrogen-bond acceptors (Lipinski definition) is 5. The maximum absolute atomic E-state index is 13.6.